The van der Waals surface area contributed by atoms with E-state index in [2.05, 4.69) is 24.5 Å². The second-order valence-corrected chi connectivity index (χ2v) is 6.29. The van der Waals surface area contributed by atoms with Gasteiger partial charge in [0.15, 0.2) is 0 Å². The standard InChI is InChI=1S/C20H24N2O2/c1-13(2)17-10-6-8-15(4)19(17)22-18(23)12-21-20(24)16-9-5-7-14(3)11-16/h5-11,13H,12H2,1-4H3,(H,21,24)(H,22,23). The Hall–Kier alpha value is -2.62. The monoisotopic (exact) mass is 324 g/mol. The number of amides is 2. The minimum Gasteiger partial charge on any atom is -0.343 e. The Morgan fingerprint density at radius 3 is 2.42 bits per heavy atom. The van der Waals surface area contributed by atoms with Crippen molar-refractivity contribution in [2.75, 3.05) is 11.9 Å². The lowest BCUT2D eigenvalue weighted by molar-refractivity contribution is -0.115. The molecule has 0 radical (unpaired) electrons. The highest BCUT2D eigenvalue weighted by Gasteiger charge is 2.13. The van der Waals surface area contributed by atoms with Crippen LogP contribution in [-0.4, -0.2) is 18.4 Å². The van der Waals surface area contributed by atoms with E-state index < -0.39 is 0 Å². The van der Waals surface area contributed by atoms with E-state index >= 15 is 0 Å². The number of hydrogen-bond donors (Lipinski definition) is 2. The first-order valence-electron chi connectivity index (χ1n) is 8.12. The van der Waals surface area contributed by atoms with Gasteiger partial charge in [-0.25, -0.2) is 0 Å². The Kier molecular flexibility index (Phi) is 5.74. The molecule has 4 heteroatoms. The molecule has 0 saturated heterocycles. The number of rotatable bonds is 5. The molecule has 0 bridgehead atoms. The van der Waals surface area contributed by atoms with E-state index in [1.807, 2.05) is 44.2 Å². The van der Waals surface area contributed by atoms with Crippen molar-refractivity contribution in [3.05, 3.63) is 64.7 Å². The Labute approximate surface area is 143 Å². The van der Waals surface area contributed by atoms with Crippen LogP contribution in [0.15, 0.2) is 42.5 Å². The molecule has 0 atom stereocenters. The van der Waals surface area contributed by atoms with Crippen molar-refractivity contribution in [2.45, 2.75) is 33.6 Å². The zero-order chi connectivity index (χ0) is 17.7. The highest BCUT2D eigenvalue weighted by Crippen LogP contribution is 2.27. The molecule has 0 aliphatic heterocycles. The van der Waals surface area contributed by atoms with E-state index in [1.54, 1.807) is 12.1 Å². The maximum atomic E-state index is 12.2. The summed E-state index contributed by atoms with van der Waals surface area (Å²) in [4.78, 5) is 24.3. The number of carbonyl (C=O) groups excluding carboxylic acids is 2. The molecule has 0 aliphatic rings. The minimum atomic E-state index is -0.247. The summed E-state index contributed by atoms with van der Waals surface area (Å²) in [6.45, 7) is 8.01. The van der Waals surface area contributed by atoms with Gasteiger partial charge >= 0.3 is 0 Å². The Bertz CT molecular complexity index is 751. The van der Waals surface area contributed by atoms with Crippen LogP contribution in [0.3, 0.4) is 0 Å². The second kappa shape index (κ2) is 7.77. The van der Waals surface area contributed by atoms with E-state index in [1.165, 1.54) is 0 Å². The summed E-state index contributed by atoms with van der Waals surface area (Å²) in [6, 6.07) is 13.2. The summed E-state index contributed by atoms with van der Waals surface area (Å²) in [5, 5.41) is 5.59. The first-order valence-corrected chi connectivity index (χ1v) is 8.12. The van der Waals surface area contributed by atoms with Crippen LogP contribution in [0.25, 0.3) is 0 Å². The molecule has 0 spiro atoms. The quantitative estimate of drug-likeness (QED) is 0.879. The van der Waals surface area contributed by atoms with Gasteiger partial charge in [0.05, 0.1) is 6.54 Å². The summed E-state index contributed by atoms with van der Waals surface area (Å²) in [6.07, 6.45) is 0. The minimum absolute atomic E-state index is 0.0569. The van der Waals surface area contributed by atoms with Crippen LogP contribution in [0.1, 0.15) is 46.8 Å². The van der Waals surface area contributed by atoms with Gasteiger partial charge in [0.2, 0.25) is 5.91 Å². The zero-order valence-corrected chi connectivity index (χ0v) is 14.6. The predicted molar refractivity (Wildman–Crippen MR) is 97.4 cm³/mol. The van der Waals surface area contributed by atoms with E-state index in [-0.39, 0.29) is 18.4 Å². The molecule has 0 saturated carbocycles. The van der Waals surface area contributed by atoms with Crippen LogP contribution in [0.4, 0.5) is 5.69 Å². The van der Waals surface area contributed by atoms with E-state index in [0.717, 1.165) is 22.4 Å². The Morgan fingerprint density at radius 2 is 1.75 bits per heavy atom. The predicted octanol–water partition coefficient (Wildman–Crippen LogP) is 3.80. The number of hydrogen-bond acceptors (Lipinski definition) is 2. The number of nitrogens with one attached hydrogen (secondary N) is 2. The maximum Gasteiger partial charge on any atom is 0.251 e. The molecule has 2 rings (SSSR count). The van der Waals surface area contributed by atoms with E-state index in [0.29, 0.717) is 11.5 Å². The molecular formula is C20H24N2O2. The van der Waals surface area contributed by atoms with Crippen LogP contribution in [0.2, 0.25) is 0 Å². The van der Waals surface area contributed by atoms with Crippen molar-refractivity contribution in [1.82, 2.24) is 5.32 Å². The smallest absolute Gasteiger partial charge is 0.251 e. The molecule has 0 unspecified atom stereocenters. The molecule has 2 aromatic rings. The topological polar surface area (TPSA) is 58.2 Å². The van der Waals surface area contributed by atoms with Crippen LogP contribution in [-0.2, 0) is 4.79 Å². The molecular weight excluding hydrogens is 300 g/mol. The van der Waals surface area contributed by atoms with Gasteiger partial charge in [-0.15, -0.1) is 0 Å². The molecule has 0 aromatic heterocycles. The lowest BCUT2D eigenvalue weighted by Crippen LogP contribution is -2.33. The van der Waals surface area contributed by atoms with Crippen molar-refractivity contribution in [3.63, 3.8) is 0 Å². The zero-order valence-electron chi connectivity index (χ0n) is 14.6. The van der Waals surface area contributed by atoms with Crippen molar-refractivity contribution >= 4 is 17.5 Å². The van der Waals surface area contributed by atoms with Crippen LogP contribution in [0.5, 0.6) is 0 Å². The van der Waals surface area contributed by atoms with Crippen LogP contribution in [0, 0.1) is 13.8 Å². The number of carbonyl (C=O) groups is 2. The third kappa shape index (κ3) is 4.44. The van der Waals surface area contributed by atoms with Gasteiger partial charge < -0.3 is 10.6 Å². The van der Waals surface area contributed by atoms with Crippen molar-refractivity contribution in [2.24, 2.45) is 0 Å². The number of para-hydroxylation sites is 1. The fraction of sp³-hybridized carbons (Fsp3) is 0.300. The van der Waals surface area contributed by atoms with Crippen molar-refractivity contribution in [1.29, 1.82) is 0 Å². The van der Waals surface area contributed by atoms with Gasteiger partial charge in [0, 0.05) is 11.3 Å². The number of anilines is 1. The average Bonchev–Trinajstić information content (AvgIpc) is 2.54. The van der Waals surface area contributed by atoms with Gasteiger partial charge in [0.25, 0.3) is 5.91 Å². The molecule has 126 valence electrons. The fourth-order valence-corrected chi connectivity index (χ4v) is 2.57. The Morgan fingerprint density at radius 1 is 1.04 bits per heavy atom. The van der Waals surface area contributed by atoms with Crippen LogP contribution >= 0.6 is 0 Å². The summed E-state index contributed by atoms with van der Waals surface area (Å²) in [5.41, 5.74) is 4.50. The average molecular weight is 324 g/mol. The highest BCUT2D eigenvalue weighted by atomic mass is 16.2. The van der Waals surface area contributed by atoms with Gasteiger partial charge in [-0.2, -0.15) is 0 Å². The highest BCUT2D eigenvalue weighted by molar-refractivity contribution is 6.00. The second-order valence-electron chi connectivity index (χ2n) is 6.29. The molecule has 0 heterocycles. The molecule has 24 heavy (non-hydrogen) atoms. The van der Waals surface area contributed by atoms with Crippen molar-refractivity contribution in [3.8, 4) is 0 Å². The molecule has 0 fully saturated rings. The first kappa shape index (κ1) is 17.7. The lowest BCUT2D eigenvalue weighted by atomic mass is 9.98. The maximum absolute atomic E-state index is 12.2. The van der Waals surface area contributed by atoms with Gasteiger partial charge in [0.1, 0.15) is 0 Å². The fourth-order valence-electron chi connectivity index (χ4n) is 2.57. The van der Waals surface area contributed by atoms with Gasteiger partial charge in [-0.3, -0.25) is 9.59 Å². The first-order chi connectivity index (χ1) is 11.4. The molecule has 4 nitrogen and oxygen atoms in total. The number of benzene rings is 2. The molecule has 0 aliphatic carbocycles. The summed E-state index contributed by atoms with van der Waals surface area (Å²) < 4.78 is 0. The summed E-state index contributed by atoms with van der Waals surface area (Å²) in [7, 11) is 0. The van der Waals surface area contributed by atoms with E-state index in [4.69, 9.17) is 0 Å². The third-order valence-corrected chi connectivity index (χ3v) is 3.88. The molecule has 2 N–H and O–H groups in total. The Balaban J connectivity index is 2.01. The van der Waals surface area contributed by atoms with E-state index in [9.17, 15) is 9.59 Å². The largest absolute Gasteiger partial charge is 0.343 e. The van der Waals surface area contributed by atoms with Crippen LogP contribution < -0.4 is 10.6 Å². The molecule has 2 amide bonds. The normalized spacial score (nSPS) is 10.5. The van der Waals surface area contributed by atoms with Gasteiger partial charge in [-0.1, -0.05) is 49.7 Å². The van der Waals surface area contributed by atoms with Gasteiger partial charge in [-0.05, 0) is 43.0 Å². The SMILES string of the molecule is Cc1cccc(C(=O)NCC(=O)Nc2c(C)cccc2C(C)C)c1. The summed E-state index contributed by atoms with van der Waals surface area (Å²) >= 11 is 0. The number of aryl methyl sites for hydroxylation is 2. The lowest BCUT2D eigenvalue weighted by Gasteiger charge is -2.16. The summed E-state index contributed by atoms with van der Waals surface area (Å²) in [5.74, 6) is -0.169. The molecule has 2 aromatic carbocycles. The van der Waals surface area contributed by atoms with Crippen molar-refractivity contribution < 1.29 is 9.59 Å². The third-order valence-electron chi connectivity index (χ3n) is 3.88.